The fourth-order valence-corrected chi connectivity index (χ4v) is 2.61. The van der Waals surface area contributed by atoms with Gasteiger partial charge in [-0.05, 0) is 43.7 Å². The van der Waals surface area contributed by atoms with Crippen LogP contribution in [-0.2, 0) is 0 Å². The lowest BCUT2D eigenvalue weighted by molar-refractivity contribution is 0.405. The fraction of sp³-hybridized carbons (Fsp3) is 0.471. The van der Waals surface area contributed by atoms with Gasteiger partial charge >= 0.3 is 0 Å². The van der Waals surface area contributed by atoms with Gasteiger partial charge in [0.15, 0.2) is 0 Å². The number of hydrogen-bond acceptors (Lipinski definition) is 4. The van der Waals surface area contributed by atoms with Crippen LogP contribution in [0.5, 0.6) is 0 Å². The molecule has 1 heterocycles. The molecule has 2 rings (SSSR count). The third-order valence-electron chi connectivity index (χ3n) is 3.63. The van der Waals surface area contributed by atoms with E-state index in [-0.39, 0.29) is 5.82 Å². The number of benzene rings is 1. The van der Waals surface area contributed by atoms with E-state index >= 15 is 0 Å². The van der Waals surface area contributed by atoms with E-state index in [1.165, 1.54) is 12.1 Å². The Kier molecular flexibility index (Phi) is 5.55. The van der Waals surface area contributed by atoms with Gasteiger partial charge in [0.1, 0.15) is 11.5 Å². The second kappa shape index (κ2) is 7.40. The summed E-state index contributed by atoms with van der Waals surface area (Å²) in [5.41, 5.74) is 1.42. The highest BCUT2D eigenvalue weighted by Gasteiger charge is 2.28. The van der Waals surface area contributed by atoms with E-state index in [4.69, 9.17) is 4.99 Å². The van der Waals surface area contributed by atoms with Crippen LogP contribution in [0.25, 0.3) is 0 Å². The van der Waals surface area contributed by atoms with Gasteiger partial charge in [-0.2, -0.15) is 0 Å². The Bertz CT molecular complexity index is 568. The van der Waals surface area contributed by atoms with Crippen LogP contribution in [0.3, 0.4) is 0 Å². The first-order valence-electron chi connectivity index (χ1n) is 7.97. The van der Waals surface area contributed by atoms with Gasteiger partial charge in [-0.25, -0.2) is 9.38 Å². The number of halogens is 1. The molecule has 0 radical (unpaired) electrons. The minimum absolute atomic E-state index is 0.265. The molecular weight excluding hydrogens is 279 g/mol. The predicted molar refractivity (Wildman–Crippen MR) is 90.3 cm³/mol. The van der Waals surface area contributed by atoms with E-state index in [9.17, 15) is 4.39 Å². The van der Waals surface area contributed by atoms with Crippen molar-refractivity contribution in [2.45, 2.75) is 45.7 Å². The Balaban J connectivity index is 2.25. The van der Waals surface area contributed by atoms with Crippen molar-refractivity contribution in [3.63, 3.8) is 0 Å². The highest BCUT2D eigenvalue weighted by molar-refractivity contribution is 5.95. The van der Waals surface area contributed by atoms with E-state index in [1.54, 1.807) is 6.07 Å². The molecule has 0 saturated heterocycles. The maximum Gasteiger partial charge on any atom is 0.202 e. The maximum atomic E-state index is 13.3. The van der Waals surface area contributed by atoms with Crippen LogP contribution < -0.4 is 16.0 Å². The zero-order valence-corrected chi connectivity index (χ0v) is 13.5. The third kappa shape index (κ3) is 4.07. The van der Waals surface area contributed by atoms with E-state index in [0.717, 1.165) is 31.5 Å². The molecule has 1 unspecified atom stereocenters. The summed E-state index contributed by atoms with van der Waals surface area (Å²) in [5, 5.41) is 9.93. The second-order valence-corrected chi connectivity index (χ2v) is 5.45. The molecule has 22 heavy (non-hydrogen) atoms. The van der Waals surface area contributed by atoms with Gasteiger partial charge in [0.2, 0.25) is 5.96 Å². The molecule has 1 aromatic carbocycles. The lowest BCUT2D eigenvalue weighted by atomic mass is 10.0. The van der Waals surface area contributed by atoms with Crippen LogP contribution >= 0.6 is 0 Å². The Labute approximate surface area is 131 Å². The summed E-state index contributed by atoms with van der Waals surface area (Å²) in [6, 6.07) is 6.40. The van der Waals surface area contributed by atoms with Crippen molar-refractivity contribution in [1.29, 1.82) is 0 Å². The van der Waals surface area contributed by atoms with Gasteiger partial charge in [0.25, 0.3) is 0 Å². The normalized spacial score (nSPS) is 20.9. The quantitative estimate of drug-likeness (QED) is 0.752. The lowest BCUT2D eigenvalue weighted by Gasteiger charge is -2.33. The molecule has 1 aromatic rings. The third-order valence-corrected chi connectivity index (χ3v) is 3.63. The summed E-state index contributed by atoms with van der Waals surface area (Å²) in [7, 11) is 0. The molecule has 5 heteroatoms. The minimum atomic E-state index is -0.403. The Morgan fingerprint density at radius 1 is 1.27 bits per heavy atom. The molecule has 0 spiro atoms. The number of nitrogens with zero attached hydrogens (tertiary/aromatic N) is 1. The van der Waals surface area contributed by atoms with Gasteiger partial charge in [-0.1, -0.05) is 33.3 Å². The lowest BCUT2D eigenvalue weighted by Crippen LogP contribution is -2.48. The van der Waals surface area contributed by atoms with Crippen LogP contribution in [0.1, 0.15) is 40.0 Å². The summed E-state index contributed by atoms with van der Waals surface area (Å²) in [5.74, 6) is 0.388. The minimum Gasteiger partial charge on any atom is -0.330 e. The topological polar surface area (TPSA) is 48.5 Å². The van der Waals surface area contributed by atoms with Crippen molar-refractivity contribution >= 4 is 11.6 Å². The SMILES string of the molecule is CCCC1=CC(CC)(NCC)N=C(Nc2cccc(F)c2)N1. The molecule has 1 aliphatic rings. The van der Waals surface area contributed by atoms with E-state index < -0.39 is 5.66 Å². The van der Waals surface area contributed by atoms with Crippen LogP contribution in [-0.4, -0.2) is 18.2 Å². The van der Waals surface area contributed by atoms with Crippen LogP contribution in [0.4, 0.5) is 10.1 Å². The van der Waals surface area contributed by atoms with Crippen molar-refractivity contribution < 1.29 is 4.39 Å². The zero-order valence-electron chi connectivity index (χ0n) is 13.5. The second-order valence-electron chi connectivity index (χ2n) is 5.45. The van der Waals surface area contributed by atoms with E-state index in [0.29, 0.717) is 11.6 Å². The molecular formula is C17H25FN4. The van der Waals surface area contributed by atoms with Crippen LogP contribution in [0.15, 0.2) is 41.0 Å². The van der Waals surface area contributed by atoms with Crippen LogP contribution in [0.2, 0.25) is 0 Å². The van der Waals surface area contributed by atoms with Crippen molar-refractivity contribution in [3.8, 4) is 0 Å². The highest BCUT2D eigenvalue weighted by atomic mass is 19.1. The molecule has 3 N–H and O–H groups in total. The van der Waals surface area contributed by atoms with E-state index in [1.807, 2.05) is 6.07 Å². The first-order valence-corrected chi connectivity index (χ1v) is 7.97. The average molecular weight is 304 g/mol. The van der Waals surface area contributed by atoms with Gasteiger partial charge in [-0.15, -0.1) is 0 Å². The molecule has 0 aliphatic carbocycles. The van der Waals surface area contributed by atoms with Gasteiger partial charge in [0, 0.05) is 11.4 Å². The van der Waals surface area contributed by atoms with Gasteiger partial charge < -0.3 is 10.6 Å². The smallest absolute Gasteiger partial charge is 0.202 e. The number of aliphatic imine (C=N–C) groups is 1. The first kappa shape index (κ1) is 16.5. The molecule has 0 saturated carbocycles. The summed E-state index contributed by atoms with van der Waals surface area (Å²) >= 11 is 0. The highest BCUT2D eigenvalue weighted by Crippen LogP contribution is 2.22. The number of hydrogen-bond donors (Lipinski definition) is 3. The molecule has 0 aromatic heterocycles. The van der Waals surface area contributed by atoms with Crippen molar-refractivity contribution in [2.24, 2.45) is 4.99 Å². The molecule has 0 amide bonds. The van der Waals surface area contributed by atoms with Crippen molar-refractivity contribution in [1.82, 2.24) is 10.6 Å². The van der Waals surface area contributed by atoms with Crippen LogP contribution in [0, 0.1) is 5.82 Å². The molecule has 1 atom stereocenters. The number of anilines is 1. The molecule has 0 fully saturated rings. The van der Waals surface area contributed by atoms with E-state index in [2.05, 4.69) is 42.8 Å². The number of nitrogens with one attached hydrogen (secondary N) is 3. The van der Waals surface area contributed by atoms with Crippen molar-refractivity contribution in [2.75, 3.05) is 11.9 Å². The number of allylic oxidation sites excluding steroid dienone is 1. The number of guanidine groups is 1. The fourth-order valence-electron chi connectivity index (χ4n) is 2.61. The monoisotopic (exact) mass is 304 g/mol. The van der Waals surface area contributed by atoms with Gasteiger partial charge in [-0.3, -0.25) is 5.32 Å². The standard InChI is InChI=1S/C17H25FN4/c1-4-8-15-12-17(5-2,19-6-3)22-16(21-15)20-14-10-7-9-13(18)11-14/h7,9-12,19H,4-6,8H2,1-3H3,(H2,20,21,22). The maximum absolute atomic E-state index is 13.3. The molecule has 120 valence electrons. The Morgan fingerprint density at radius 3 is 2.73 bits per heavy atom. The molecule has 4 nitrogen and oxygen atoms in total. The predicted octanol–water partition coefficient (Wildman–Crippen LogP) is 3.60. The molecule has 1 aliphatic heterocycles. The first-order chi connectivity index (χ1) is 10.6. The summed E-state index contributed by atoms with van der Waals surface area (Å²) in [6.07, 6.45) is 5.02. The Morgan fingerprint density at radius 2 is 2.09 bits per heavy atom. The number of rotatable bonds is 6. The summed E-state index contributed by atoms with van der Waals surface area (Å²) < 4.78 is 13.3. The summed E-state index contributed by atoms with van der Waals surface area (Å²) in [4.78, 5) is 4.76. The largest absolute Gasteiger partial charge is 0.330 e. The number of likely N-dealkylation sites (N-methyl/N-ethyl adjacent to an activating group) is 1. The summed E-state index contributed by atoms with van der Waals surface area (Å²) in [6.45, 7) is 7.16. The Hall–Kier alpha value is -1.88. The zero-order chi connectivity index (χ0) is 16.0. The van der Waals surface area contributed by atoms with Crippen molar-refractivity contribution in [3.05, 3.63) is 41.9 Å². The molecule has 0 bridgehead atoms. The van der Waals surface area contributed by atoms with Gasteiger partial charge in [0.05, 0.1) is 0 Å². The average Bonchev–Trinajstić information content (AvgIpc) is 2.47.